The van der Waals surface area contributed by atoms with Crippen LogP contribution in [0.25, 0.3) is 0 Å². The van der Waals surface area contributed by atoms with Gasteiger partial charge in [-0.1, -0.05) is 12.2 Å². The van der Waals surface area contributed by atoms with Crippen LogP contribution >= 0.6 is 32.7 Å². The number of phosphoric ester groups is 1. The SMILES string of the molecule is NC(=S)C1=CN([C@@H]2O[C@H](COP(=O)(O)O)[C@@H](O)[C@H]2O)C=C(C(=O)S)[C@@H]1S(=O)(=O)O. The molecule has 2 aliphatic heterocycles. The summed E-state index contributed by atoms with van der Waals surface area (Å²) in [5.74, 6) is 0. The first kappa shape index (κ1) is 24.4. The van der Waals surface area contributed by atoms with E-state index in [0.29, 0.717) is 0 Å². The van der Waals surface area contributed by atoms with Crippen molar-refractivity contribution in [1.29, 1.82) is 0 Å². The van der Waals surface area contributed by atoms with Crippen molar-refractivity contribution in [2.45, 2.75) is 29.8 Å². The Labute approximate surface area is 175 Å². The lowest BCUT2D eigenvalue weighted by molar-refractivity contribution is -0.108. The number of hydrogen-bond donors (Lipinski definition) is 7. The Bertz CT molecular complexity index is 882. The maximum absolute atomic E-state index is 11.8. The molecule has 0 amide bonds. The molecule has 7 N–H and O–H groups in total. The molecule has 2 heterocycles. The Morgan fingerprint density at radius 3 is 2.31 bits per heavy atom. The van der Waals surface area contributed by atoms with Gasteiger partial charge in [-0.15, -0.1) is 12.6 Å². The van der Waals surface area contributed by atoms with E-state index in [1.54, 1.807) is 0 Å². The molecule has 5 atom stereocenters. The minimum atomic E-state index is -4.88. The fraction of sp³-hybridized carbons (Fsp3) is 0.500. The van der Waals surface area contributed by atoms with E-state index >= 15 is 0 Å². The summed E-state index contributed by atoms with van der Waals surface area (Å²) in [5, 5.41) is 17.3. The third kappa shape index (κ3) is 5.62. The number of thiol groups is 1. The van der Waals surface area contributed by atoms with E-state index in [4.69, 9.17) is 32.5 Å². The van der Waals surface area contributed by atoms with E-state index in [1.807, 2.05) is 0 Å². The van der Waals surface area contributed by atoms with Crippen molar-refractivity contribution in [3.63, 3.8) is 0 Å². The summed E-state index contributed by atoms with van der Waals surface area (Å²) in [4.78, 5) is 29.8. The Morgan fingerprint density at radius 1 is 1.31 bits per heavy atom. The zero-order chi connectivity index (χ0) is 22.3. The van der Waals surface area contributed by atoms with Crippen LogP contribution in [0.1, 0.15) is 0 Å². The topological polar surface area (TPSA) is 217 Å². The molecule has 2 rings (SSSR count). The minimum absolute atomic E-state index is 0.386. The summed E-state index contributed by atoms with van der Waals surface area (Å²) < 4.78 is 53.3. The van der Waals surface area contributed by atoms with Gasteiger partial charge in [-0.05, 0) is 0 Å². The number of carbonyl (C=O) groups is 1. The van der Waals surface area contributed by atoms with E-state index in [-0.39, 0.29) is 5.57 Å². The first-order chi connectivity index (χ1) is 13.1. The molecule has 13 nitrogen and oxygen atoms in total. The minimum Gasteiger partial charge on any atom is -0.390 e. The zero-order valence-corrected chi connectivity index (χ0v) is 17.6. The number of nitrogens with two attached hydrogens (primary N) is 1. The molecule has 0 unspecified atom stereocenters. The largest absolute Gasteiger partial charge is 0.469 e. The first-order valence-electron chi connectivity index (χ1n) is 7.55. The van der Waals surface area contributed by atoms with Gasteiger partial charge < -0.3 is 35.4 Å². The van der Waals surface area contributed by atoms with E-state index in [9.17, 15) is 32.5 Å². The van der Waals surface area contributed by atoms with Crippen LogP contribution in [0, 0.1) is 0 Å². The number of thiocarbonyl (C=S) groups is 1. The number of aliphatic hydroxyl groups is 2. The average Bonchev–Trinajstić information content (AvgIpc) is 2.85. The second kappa shape index (κ2) is 8.68. The molecule has 1 saturated heterocycles. The van der Waals surface area contributed by atoms with Crippen molar-refractivity contribution in [3.05, 3.63) is 23.5 Å². The third-order valence-electron chi connectivity index (χ3n) is 4.01. The van der Waals surface area contributed by atoms with Crippen LogP contribution in [0.15, 0.2) is 23.5 Å². The van der Waals surface area contributed by atoms with Crippen LogP contribution in [-0.2, 0) is 28.7 Å². The van der Waals surface area contributed by atoms with Crippen molar-refractivity contribution in [1.82, 2.24) is 4.90 Å². The normalized spacial score (nSPS) is 30.7. The highest BCUT2D eigenvalue weighted by molar-refractivity contribution is 7.97. The fourth-order valence-electron chi connectivity index (χ4n) is 2.77. The molecule has 0 aromatic heterocycles. The van der Waals surface area contributed by atoms with E-state index < -0.39 is 70.0 Å². The van der Waals surface area contributed by atoms with Crippen molar-refractivity contribution in [2.24, 2.45) is 5.73 Å². The molecule has 2 aliphatic rings. The first-order valence-corrected chi connectivity index (χ1v) is 11.4. The van der Waals surface area contributed by atoms with E-state index in [1.165, 1.54) is 0 Å². The molecule has 0 spiro atoms. The number of rotatable bonds is 7. The van der Waals surface area contributed by atoms with E-state index in [2.05, 4.69) is 17.2 Å². The molecule has 0 saturated carbocycles. The van der Waals surface area contributed by atoms with Gasteiger partial charge in [-0.3, -0.25) is 13.9 Å². The van der Waals surface area contributed by atoms with Gasteiger partial charge in [-0.25, -0.2) is 4.57 Å². The van der Waals surface area contributed by atoms with Crippen molar-refractivity contribution < 1.29 is 51.6 Å². The lowest BCUT2D eigenvalue weighted by Crippen LogP contribution is -2.44. The van der Waals surface area contributed by atoms with E-state index in [0.717, 1.165) is 17.3 Å². The average molecular weight is 492 g/mol. The highest BCUT2D eigenvalue weighted by Gasteiger charge is 2.48. The Morgan fingerprint density at radius 2 is 1.86 bits per heavy atom. The third-order valence-corrected chi connectivity index (χ3v) is 6.09. The van der Waals surface area contributed by atoms with Crippen LogP contribution in [0.3, 0.4) is 0 Å². The van der Waals surface area contributed by atoms with Gasteiger partial charge in [0.2, 0.25) is 5.12 Å². The molecule has 0 aromatic carbocycles. The number of hydrogen-bond acceptors (Lipinski definition) is 10. The summed E-state index contributed by atoms with van der Waals surface area (Å²) in [7, 11) is -9.76. The molecule has 164 valence electrons. The fourth-order valence-corrected chi connectivity index (χ4v) is 4.63. The van der Waals surface area contributed by atoms with Crippen LogP contribution in [0.5, 0.6) is 0 Å². The predicted molar refractivity (Wildman–Crippen MR) is 103 cm³/mol. The molecular formula is C12H17N2O11PS3. The van der Waals surface area contributed by atoms with Gasteiger partial charge in [0.1, 0.15) is 28.6 Å². The van der Waals surface area contributed by atoms with Crippen molar-refractivity contribution in [2.75, 3.05) is 6.61 Å². The molecule has 0 bridgehead atoms. The van der Waals surface area contributed by atoms with Crippen LogP contribution in [0.2, 0.25) is 0 Å². The van der Waals surface area contributed by atoms with Gasteiger partial charge in [0.25, 0.3) is 10.1 Å². The molecule has 0 aromatic rings. The van der Waals surface area contributed by atoms with Crippen LogP contribution < -0.4 is 5.73 Å². The number of nitrogens with zero attached hydrogens (tertiary/aromatic N) is 1. The second-order valence-corrected chi connectivity index (χ2v) is 9.60. The number of carbonyl (C=O) groups excluding carboxylic acids is 1. The van der Waals surface area contributed by atoms with Gasteiger partial charge in [0, 0.05) is 23.5 Å². The standard InChI is InChI=1S/C12H17N2O11PS3/c13-10(27)4-1-14(2-5(12(17)28)9(4)29(21,22)23)11-8(16)7(15)6(25-11)3-24-26(18,19)20/h1-2,6-9,11,15-16H,3H2,(H2,13,27)(H,17,28)(H2,18,19,20)(H,21,22,23)/t6-,7-,8-,9-,11-/m1/s1. The van der Waals surface area contributed by atoms with Gasteiger partial charge in [0.15, 0.2) is 6.23 Å². The zero-order valence-electron chi connectivity index (χ0n) is 14.2. The molecule has 29 heavy (non-hydrogen) atoms. The molecule has 17 heteroatoms. The molecule has 0 radical (unpaired) electrons. The maximum Gasteiger partial charge on any atom is 0.469 e. The highest BCUT2D eigenvalue weighted by Crippen LogP contribution is 2.38. The molecular weight excluding hydrogens is 475 g/mol. The summed E-state index contributed by atoms with van der Waals surface area (Å²) in [6, 6.07) is 0. The number of ether oxygens (including phenoxy) is 1. The van der Waals surface area contributed by atoms with Crippen LogP contribution in [-0.4, -0.2) is 84.4 Å². The van der Waals surface area contributed by atoms with Crippen molar-refractivity contribution >= 4 is 52.9 Å². The lowest BCUT2D eigenvalue weighted by atomic mass is 10.0. The summed E-state index contributed by atoms with van der Waals surface area (Å²) in [6.07, 6.45) is -4.30. The van der Waals surface area contributed by atoms with Gasteiger partial charge in [-0.2, -0.15) is 8.42 Å². The monoisotopic (exact) mass is 492 g/mol. The second-order valence-electron chi connectivity index (χ2n) is 6.01. The number of aliphatic hydroxyl groups excluding tert-OH is 2. The molecule has 1 fully saturated rings. The highest BCUT2D eigenvalue weighted by atomic mass is 32.2. The molecule has 0 aliphatic carbocycles. The van der Waals surface area contributed by atoms with Crippen LogP contribution in [0.4, 0.5) is 0 Å². The summed E-state index contributed by atoms with van der Waals surface area (Å²) in [5.41, 5.74) is 4.55. The van der Waals surface area contributed by atoms with Crippen molar-refractivity contribution in [3.8, 4) is 0 Å². The summed E-state index contributed by atoms with van der Waals surface area (Å²) in [6.45, 7) is -0.783. The van der Waals surface area contributed by atoms with Gasteiger partial charge in [0.05, 0.1) is 6.61 Å². The summed E-state index contributed by atoms with van der Waals surface area (Å²) >= 11 is 8.34. The maximum atomic E-state index is 11.8. The lowest BCUT2D eigenvalue weighted by Gasteiger charge is -2.33. The smallest absolute Gasteiger partial charge is 0.390 e. The quantitative estimate of drug-likeness (QED) is 0.0855. The Balaban J connectivity index is 2.40. The Kier molecular flexibility index (Phi) is 7.29. The number of phosphoric acid groups is 1. The van der Waals surface area contributed by atoms with Gasteiger partial charge >= 0.3 is 7.82 Å². The predicted octanol–water partition coefficient (Wildman–Crippen LogP) is -2.38. The Hall–Kier alpha value is -0.910.